The smallest absolute Gasteiger partial charge is 0.251 e. The van der Waals surface area contributed by atoms with E-state index in [4.69, 9.17) is 4.42 Å². The van der Waals surface area contributed by atoms with E-state index in [2.05, 4.69) is 6.92 Å². The predicted molar refractivity (Wildman–Crippen MR) is 64.2 cm³/mol. The van der Waals surface area contributed by atoms with E-state index in [0.29, 0.717) is 13.1 Å². The number of aliphatic hydroxyl groups is 1. The molecule has 0 saturated carbocycles. The summed E-state index contributed by atoms with van der Waals surface area (Å²) >= 11 is 0. The third-order valence-electron chi connectivity index (χ3n) is 3.11. The fourth-order valence-electron chi connectivity index (χ4n) is 2.05. The number of carbonyl (C=O) groups is 1. The zero-order valence-corrected chi connectivity index (χ0v) is 10.1. The summed E-state index contributed by atoms with van der Waals surface area (Å²) < 4.78 is 5.37. The highest BCUT2D eigenvalue weighted by molar-refractivity contribution is 5.83. The van der Waals surface area contributed by atoms with Crippen LogP contribution >= 0.6 is 0 Å². The highest BCUT2D eigenvalue weighted by Gasteiger charge is 2.25. The number of rotatable bonds is 2. The Morgan fingerprint density at radius 1 is 1.59 bits per heavy atom. The zero-order valence-electron chi connectivity index (χ0n) is 10.1. The molecule has 17 heavy (non-hydrogen) atoms. The predicted octanol–water partition coefficient (Wildman–Crippen LogP) is 1.67. The molecule has 0 fully saturated rings. The summed E-state index contributed by atoms with van der Waals surface area (Å²) in [5.41, 5.74) is 2.30. The lowest BCUT2D eigenvalue weighted by atomic mass is 9.99. The minimum atomic E-state index is -0.939. The molecule has 1 amide bonds. The molecular formula is C13H17NO3. The van der Waals surface area contributed by atoms with Gasteiger partial charge in [-0.1, -0.05) is 5.57 Å². The van der Waals surface area contributed by atoms with Crippen molar-refractivity contribution in [3.8, 4) is 0 Å². The standard InChI is InChI=1S/C13H17NO3/c1-9-5-6-14(13(16)10(2)15)8-11(9)12-4-3-7-17-12/h3-4,7,10,15H,5-6,8H2,1-2H3. The van der Waals surface area contributed by atoms with Crippen LogP contribution in [0.15, 0.2) is 28.4 Å². The molecule has 2 heterocycles. The Kier molecular flexibility index (Phi) is 3.33. The maximum Gasteiger partial charge on any atom is 0.251 e. The van der Waals surface area contributed by atoms with Gasteiger partial charge in [-0.05, 0) is 32.4 Å². The normalized spacial score (nSPS) is 18.4. The van der Waals surface area contributed by atoms with Crippen LogP contribution in [-0.4, -0.2) is 35.1 Å². The molecule has 0 aromatic carbocycles. The second-order valence-corrected chi connectivity index (χ2v) is 4.42. The number of furan rings is 1. The van der Waals surface area contributed by atoms with Crippen LogP contribution in [0.3, 0.4) is 0 Å². The quantitative estimate of drug-likeness (QED) is 0.848. The average molecular weight is 235 g/mol. The highest BCUT2D eigenvalue weighted by Crippen LogP contribution is 2.26. The van der Waals surface area contributed by atoms with Crippen LogP contribution in [0, 0.1) is 0 Å². The van der Waals surface area contributed by atoms with Crippen LogP contribution in [0.1, 0.15) is 26.0 Å². The Bertz CT molecular complexity index is 432. The van der Waals surface area contributed by atoms with Crippen LogP contribution in [0.4, 0.5) is 0 Å². The van der Waals surface area contributed by atoms with Gasteiger partial charge < -0.3 is 14.4 Å². The summed E-state index contributed by atoms with van der Waals surface area (Å²) in [6.07, 6.45) is 1.52. The molecule has 0 aliphatic carbocycles. The van der Waals surface area contributed by atoms with E-state index in [9.17, 15) is 9.90 Å². The topological polar surface area (TPSA) is 53.7 Å². The number of nitrogens with zero attached hydrogens (tertiary/aromatic N) is 1. The van der Waals surface area contributed by atoms with Gasteiger partial charge in [0.2, 0.25) is 0 Å². The highest BCUT2D eigenvalue weighted by atomic mass is 16.3. The average Bonchev–Trinajstić information content (AvgIpc) is 2.82. The van der Waals surface area contributed by atoms with E-state index in [-0.39, 0.29) is 5.91 Å². The summed E-state index contributed by atoms with van der Waals surface area (Å²) in [5, 5.41) is 9.33. The molecule has 1 atom stereocenters. The number of carbonyl (C=O) groups excluding carboxylic acids is 1. The fraction of sp³-hybridized carbons (Fsp3) is 0.462. The number of amides is 1. The molecule has 0 bridgehead atoms. The van der Waals surface area contributed by atoms with Gasteiger partial charge in [-0.3, -0.25) is 4.79 Å². The zero-order chi connectivity index (χ0) is 12.4. The van der Waals surface area contributed by atoms with Crippen molar-refractivity contribution in [3.63, 3.8) is 0 Å². The van der Waals surface area contributed by atoms with Crippen molar-refractivity contribution in [2.75, 3.05) is 13.1 Å². The Balaban J connectivity index is 2.19. The van der Waals surface area contributed by atoms with Crippen LogP contribution < -0.4 is 0 Å². The third-order valence-corrected chi connectivity index (χ3v) is 3.11. The van der Waals surface area contributed by atoms with E-state index >= 15 is 0 Å². The molecule has 92 valence electrons. The van der Waals surface area contributed by atoms with Gasteiger partial charge in [0.25, 0.3) is 5.91 Å². The second kappa shape index (κ2) is 4.75. The fourth-order valence-corrected chi connectivity index (χ4v) is 2.05. The van der Waals surface area contributed by atoms with Crippen molar-refractivity contribution in [1.82, 2.24) is 4.90 Å². The minimum absolute atomic E-state index is 0.221. The van der Waals surface area contributed by atoms with Crippen LogP contribution in [0.2, 0.25) is 0 Å². The Morgan fingerprint density at radius 3 is 2.94 bits per heavy atom. The molecule has 1 unspecified atom stereocenters. The molecular weight excluding hydrogens is 218 g/mol. The first kappa shape index (κ1) is 11.9. The molecule has 0 spiro atoms. The molecule has 1 aromatic heterocycles. The maximum atomic E-state index is 11.7. The van der Waals surface area contributed by atoms with Crippen LogP contribution in [0.5, 0.6) is 0 Å². The van der Waals surface area contributed by atoms with E-state index in [1.54, 1.807) is 11.2 Å². The Labute approximate surface area is 101 Å². The first-order chi connectivity index (χ1) is 8.09. The Morgan fingerprint density at radius 2 is 2.35 bits per heavy atom. The lowest BCUT2D eigenvalue weighted by Gasteiger charge is -2.30. The summed E-state index contributed by atoms with van der Waals surface area (Å²) in [6.45, 7) is 4.74. The largest absolute Gasteiger partial charge is 0.465 e. The molecule has 2 rings (SSSR count). The van der Waals surface area contributed by atoms with Gasteiger partial charge >= 0.3 is 0 Å². The summed E-state index contributed by atoms with van der Waals surface area (Å²) in [6, 6.07) is 3.74. The van der Waals surface area contributed by atoms with E-state index in [1.165, 1.54) is 12.5 Å². The molecule has 4 heteroatoms. The monoisotopic (exact) mass is 235 g/mol. The molecule has 1 aromatic rings. The summed E-state index contributed by atoms with van der Waals surface area (Å²) in [4.78, 5) is 13.4. The molecule has 1 aliphatic rings. The third kappa shape index (κ3) is 2.42. The number of aliphatic hydroxyl groups excluding tert-OH is 1. The molecule has 0 radical (unpaired) electrons. The number of hydrogen-bond acceptors (Lipinski definition) is 3. The van der Waals surface area contributed by atoms with Gasteiger partial charge in [-0.25, -0.2) is 0 Å². The molecule has 0 saturated heterocycles. The van der Waals surface area contributed by atoms with Crippen molar-refractivity contribution in [1.29, 1.82) is 0 Å². The van der Waals surface area contributed by atoms with Crippen LogP contribution in [0.25, 0.3) is 5.57 Å². The SMILES string of the molecule is CC1=C(c2ccco2)CN(C(=O)C(C)O)CC1. The van der Waals surface area contributed by atoms with E-state index in [1.807, 2.05) is 12.1 Å². The van der Waals surface area contributed by atoms with E-state index < -0.39 is 6.10 Å². The second-order valence-electron chi connectivity index (χ2n) is 4.42. The first-order valence-electron chi connectivity index (χ1n) is 5.79. The molecule has 1 aliphatic heterocycles. The van der Waals surface area contributed by atoms with Crippen molar-refractivity contribution in [2.45, 2.75) is 26.4 Å². The lowest BCUT2D eigenvalue weighted by Crippen LogP contribution is -2.41. The minimum Gasteiger partial charge on any atom is -0.465 e. The lowest BCUT2D eigenvalue weighted by molar-refractivity contribution is -0.138. The van der Waals surface area contributed by atoms with Gasteiger partial charge in [0.05, 0.1) is 6.26 Å². The van der Waals surface area contributed by atoms with Gasteiger partial charge in [0.15, 0.2) is 0 Å². The van der Waals surface area contributed by atoms with E-state index in [0.717, 1.165) is 17.8 Å². The van der Waals surface area contributed by atoms with Gasteiger partial charge in [-0.2, -0.15) is 0 Å². The molecule has 1 N–H and O–H groups in total. The maximum absolute atomic E-state index is 11.7. The summed E-state index contributed by atoms with van der Waals surface area (Å²) in [5.74, 6) is 0.590. The van der Waals surface area contributed by atoms with Crippen LogP contribution in [-0.2, 0) is 4.79 Å². The van der Waals surface area contributed by atoms with Gasteiger partial charge in [0, 0.05) is 18.7 Å². The van der Waals surface area contributed by atoms with Crippen molar-refractivity contribution in [2.24, 2.45) is 0 Å². The van der Waals surface area contributed by atoms with Crippen molar-refractivity contribution >= 4 is 11.5 Å². The van der Waals surface area contributed by atoms with Gasteiger partial charge in [-0.15, -0.1) is 0 Å². The number of hydrogen-bond donors (Lipinski definition) is 1. The molecule has 4 nitrogen and oxygen atoms in total. The first-order valence-corrected chi connectivity index (χ1v) is 5.79. The summed E-state index contributed by atoms with van der Waals surface area (Å²) in [7, 11) is 0. The van der Waals surface area contributed by atoms with Crippen molar-refractivity contribution in [3.05, 3.63) is 29.7 Å². The van der Waals surface area contributed by atoms with Crippen molar-refractivity contribution < 1.29 is 14.3 Å². The van der Waals surface area contributed by atoms with Gasteiger partial charge in [0.1, 0.15) is 11.9 Å². The Hall–Kier alpha value is -1.55.